The first-order valence-electron chi connectivity index (χ1n) is 9.84. The Morgan fingerprint density at radius 1 is 0.882 bits per heavy atom. The summed E-state index contributed by atoms with van der Waals surface area (Å²) in [4.78, 5) is 39.0. The van der Waals surface area contributed by atoms with Crippen molar-refractivity contribution in [3.05, 3.63) is 99.2 Å². The third-order valence-corrected chi connectivity index (χ3v) is 5.71. The molecule has 0 spiro atoms. The molecule has 6 nitrogen and oxygen atoms in total. The highest BCUT2D eigenvalue weighted by atomic mass is 35.5. The predicted molar refractivity (Wildman–Crippen MR) is 126 cm³/mol. The molecule has 10 heteroatoms. The quantitative estimate of drug-likeness (QED) is 0.445. The van der Waals surface area contributed by atoms with Crippen LogP contribution in [0.4, 0.5) is 25.8 Å². The summed E-state index contributed by atoms with van der Waals surface area (Å²) >= 11 is 11.9. The van der Waals surface area contributed by atoms with E-state index in [0.29, 0.717) is 11.3 Å². The van der Waals surface area contributed by atoms with Gasteiger partial charge in [-0.05, 0) is 55.0 Å². The summed E-state index contributed by atoms with van der Waals surface area (Å²) in [5, 5.41) is 4.64. The Balaban J connectivity index is 1.60. The zero-order chi connectivity index (χ0) is 24.6. The van der Waals surface area contributed by atoms with Gasteiger partial charge in [-0.2, -0.15) is 0 Å². The zero-order valence-corrected chi connectivity index (χ0v) is 19.0. The van der Waals surface area contributed by atoms with Crippen molar-refractivity contribution in [3.63, 3.8) is 0 Å². The Morgan fingerprint density at radius 3 is 2.32 bits per heavy atom. The maximum absolute atomic E-state index is 13.9. The molecule has 172 valence electrons. The SMILES string of the molecule is Cc1ccc(C(=O)Nc2ccccc2F)cc1NC1=C(Cl)C(=O)N(c2ccc(F)c(Cl)c2)C1=O. The van der Waals surface area contributed by atoms with Crippen molar-refractivity contribution in [2.24, 2.45) is 0 Å². The second kappa shape index (κ2) is 9.24. The fourth-order valence-electron chi connectivity index (χ4n) is 3.26. The van der Waals surface area contributed by atoms with E-state index in [-0.39, 0.29) is 32.7 Å². The maximum atomic E-state index is 13.9. The molecule has 0 saturated heterocycles. The molecule has 0 saturated carbocycles. The van der Waals surface area contributed by atoms with E-state index in [1.807, 2.05) is 0 Å². The van der Waals surface area contributed by atoms with Crippen LogP contribution >= 0.6 is 23.2 Å². The van der Waals surface area contributed by atoms with Gasteiger partial charge >= 0.3 is 0 Å². The Bertz CT molecular complexity index is 1390. The molecular weight excluding hydrogens is 487 g/mol. The van der Waals surface area contributed by atoms with E-state index in [0.717, 1.165) is 17.0 Å². The number of anilines is 3. The average molecular weight is 502 g/mol. The summed E-state index contributed by atoms with van der Waals surface area (Å²) in [6, 6.07) is 13.7. The van der Waals surface area contributed by atoms with Crippen LogP contribution in [0.15, 0.2) is 71.4 Å². The number of rotatable bonds is 5. The normalized spacial score (nSPS) is 13.5. The van der Waals surface area contributed by atoms with Gasteiger partial charge in [-0.25, -0.2) is 13.7 Å². The van der Waals surface area contributed by atoms with Crippen molar-refractivity contribution in [2.75, 3.05) is 15.5 Å². The highest BCUT2D eigenvalue weighted by Gasteiger charge is 2.39. The van der Waals surface area contributed by atoms with Crippen LogP contribution in [0, 0.1) is 18.6 Å². The van der Waals surface area contributed by atoms with Crippen LogP contribution in [0.2, 0.25) is 5.02 Å². The monoisotopic (exact) mass is 501 g/mol. The van der Waals surface area contributed by atoms with Gasteiger partial charge in [0, 0.05) is 11.3 Å². The molecule has 1 aliphatic rings. The molecule has 0 bridgehead atoms. The highest BCUT2D eigenvalue weighted by molar-refractivity contribution is 6.53. The lowest BCUT2D eigenvalue weighted by Gasteiger charge is -2.16. The summed E-state index contributed by atoms with van der Waals surface area (Å²) < 4.78 is 27.4. The predicted octanol–water partition coefficient (Wildman–Crippen LogP) is 5.61. The lowest BCUT2D eigenvalue weighted by atomic mass is 10.1. The molecule has 0 aliphatic carbocycles. The van der Waals surface area contributed by atoms with Gasteiger partial charge in [0.25, 0.3) is 17.7 Å². The molecule has 4 rings (SSSR count). The van der Waals surface area contributed by atoms with E-state index in [9.17, 15) is 23.2 Å². The van der Waals surface area contributed by atoms with Gasteiger partial charge in [0.2, 0.25) is 0 Å². The molecule has 0 atom stereocenters. The number of benzene rings is 3. The van der Waals surface area contributed by atoms with Crippen molar-refractivity contribution in [1.82, 2.24) is 0 Å². The van der Waals surface area contributed by atoms with Crippen molar-refractivity contribution in [3.8, 4) is 0 Å². The maximum Gasteiger partial charge on any atom is 0.283 e. The molecule has 3 amide bonds. The van der Waals surface area contributed by atoms with Crippen molar-refractivity contribution >= 4 is 58.0 Å². The fraction of sp³-hybridized carbons (Fsp3) is 0.0417. The van der Waals surface area contributed by atoms with Gasteiger partial charge in [0.15, 0.2) is 0 Å². The Labute approximate surface area is 202 Å². The molecule has 0 aromatic heterocycles. The number of amides is 3. The van der Waals surface area contributed by atoms with Crippen LogP contribution < -0.4 is 15.5 Å². The average Bonchev–Trinajstić information content (AvgIpc) is 3.01. The van der Waals surface area contributed by atoms with Gasteiger partial charge in [0.1, 0.15) is 22.4 Å². The number of hydrogen-bond acceptors (Lipinski definition) is 4. The summed E-state index contributed by atoms with van der Waals surface area (Å²) in [6.07, 6.45) is 0. The van der Waals surface area contributed by atoms with E-state index in [4.69, 9.17) is 23.2 Å². The number of carbonyl (C=O) groups excluding carboxylic acids is 3. The molecule has 0 fully saturated rings. The van der Waals surface area contributed by atoms with Crippen LogP contribution in [-0.4, -0.2) is 17.7 Å². The van der Waals surface area contributed by atoms with Crippen molar-refractivity contribution in [2.45, 2.75) is 6.92 Å². The lowest BCUT2D eigenvalue weighted by Crippen LogP contribution is -2.32. The minimum absolute atomic E-state index is 0.0125. The summed E-state index contributed by atoms with van der Waals surface area (Å²) in [5.41, 5.74) is 0.982. The van der Waals surface area contributed by atoms with Gasteiger partial charge < -0.3 is 10.6 Å². The Morgan fingerprint density at radius 2 is 1.62 bits per heavy atom. The minimum Gasteiger partial charge on any atom is -0.349 e. The zero-order valence-electron chi connectivity index (χ0n) is 17.5. The summed E-state index contributed by atoms with van der Waals surface area (Å²) in [7, 11) is 0. The van der Waals surface area contributed by atoms with Crippen LogP contribution in [-0.2, 0) is 9.59 Å². The third-order valence-electron chi connectivity index (χ3n) is 5.07. The Hall–Kier alpha value is -3.75. The van der Waals surface area contributed by atoms with Crippen LogP contribution in [0.5, 0.6) is 0 Å². The van der Waals surface area contributed by atoms with Crippen molar-refractivity contribution < 1.29 is 23.2 Å². The molecular formula is C24H15Cl2F2N3O3. The Kier molecular flexibility index (Phi) is 6.37. The van der Waals surface area contributed by atoms with E-state index < -0.39 is 29.4 Å². The standard InChI is InChI=1S/C24H15Cl2F2N3O3/c1-12-6-7-13(22(32)30-18-5-3-2-4-17(18)28)10-19(12)29-21-20(26)23(33)31(24(21)34)14-8-9-16(27)15(25)11-14/h2-11,29H,1H3,(H,30,32). The lowest BCUT2D eigenvalue weighted by molar-refractivity contribution is -0.120. The molecule has 0 unspecified atom stereocenters. The van der Waals surface area contributed by atoms with Gasteiger partial charge in [0.05, 0.1) is 16.4 Å². The number of para-hydroxylation sites is 1. The number of imide groups is 1. The van der Waals surface area contributed by atoms with E-state index in [1.54, 1.807) is 19.1 Å². The first kappa shape index (κ1) is 23.4. The second-order valence-electron chi connectivity index (χ2n) is 7.32. The molecule has 34 heavy (non-hydrogen) atoms. The van der Waals surface area contributed by atoms with Gasteiger partial charge in [-0.15, -0.1) is 0 Å². The molecule has 3 aromatic rings. The smallest absolute Gasteiger partial charge is 0.283 e. The number of nitrogens with one attached hydrogen (secondary N) is 2. The van der Waals surface area contributed by atoms with Crippen LogP contribution in [0.1, 0.15) is 15.9 Å². The number of hydrogen-bond donors (Lipinski definition) is 2. The largest absolute Gasteiger partial charge is 0.349 e. The number of carbonyl (C=O) groups is 3. The fourth-order valence-corrected chi connectivity index (χ4v) is 3.65. The third kappa shape index (κ3) is 4.37. The van der Waals surface area contributed by atoms with Gasteiger partial charge in [-0.3, -0.25) is 14.4 Å². The molecule has 2 N–H and O–H groups in total. The second-order valence-corrected chi connectivity index (χ2v) is 8.11. The van der Waals surface area contributed by atoms with Crippen LogP contribution in [0.3, 0.4) is 0 Å². The van der Waals surface area contributed by atoms with Crippen molar-refractivity contribution in [1.29, 1.82) is 0 Å². The highest BCUT2D eigenvalue weighted by Crippen LogP contribution is 2.33. The number of aryl methyl sites for hydroxylation is 1. The molecule has 3 aromatic carbocycles. The van der Waals surface area contributed by atoms with Gasteiger partial charge in [-0.1, -0.05) is 41.4 Å². The first-order valence-corrected chi connectivity index (χ1v) is 10.6. The number of nitrogens with zero attached hydrogens (tertiary/aromatic N) is 1. The molecule has 1 heterocycles. The van der Waals surface area contributed by atoms with Crippen LogP contribution in [0.25, 0.3) is 0 Å². The molecule has 1 aliphatic heterocycles. The number of halogens is 4. The first-order chi connectivity index (χ1) is 16.2. The van der Waals surface area contributed by atoms with E-state index in [1.165, 1.54) is 36.4 Å². The topological polar surface area (TPSA) is 78.5 Å². The summed E-state index contributed by atoms with van der Waals surface area (Å²) in [5.74, 6) is -3.47. The van der Waals surface area contributed by atoms with E-state index in [2.05, 4.69) is 10.6 Å². The minimum atomic E-state index is -0.817. The van der Waals surface area contributed by atoms with E-state index >= 15 is 0 Å². The summed E-state index contributed by atoms with van der Waals surface area (Å²) in [6.45, 7) is 1.72. The molecule has 0 radical (unpaired) electrons.